The van der Waals surface area contributed by atoms with Crippen LogP contribution < -0.4 is 26.0 Å². The fraction of sp³-hybridized carbons (Fsp3) is 0.211. The highest BCUT2D eigenvalue weighted by Gasteiger charge is 2.35. The van der Waals surface area contributed by atoms with E-state index in [4.69, 9.17) is 51.8 Å². The minimum atomic E-state index is -1.89. The molecular weight excluding hydrogens is 471 g/mol. The Morgan fingerprint density at radius 1 is 1.00 bits per heavy atom. The van der Waals surface area contributed by atoms with Crippen molar-refractivity contribution < 1.29 is 14.3 Å². The number of nitrogens with one attached hydrogen (secondary N) is 4. The molecule has 0 saturated carbocycles. The molecule has 2 aromatic rings. The summed E-state index contributed by atoms with van der Waals surface area (Å²) in [5.41, 5.74) is 1.59. The van der Waals surface area contributed by atoms with Crippen molar-refractivity contribution in [3.63, 3.8) is 0 Å². The summed E-state index contributed by atoms with van der Waals surface area (Å²) in [6.45, 7) is 1.42. The molecule has 11 heteroatoms. The van der Waals surface area contributed by atoms with Crippen molar-refractivity contribution in [2.75, 3.05) is 17.7 Å². The summed E-state index contributed by atoms with van der Waals surface area (Å²) >= 11 is 23.3. The first kappa shape index (κ1) is 24.0. The lowest BCUT2D eigenvalue weighted by atomic mass is 10.2. The molecule has 2 amide bonds. The standard InChI is InChI=1S/C19H19Cl3N4O3S/c1-11(27)23-13-6-8-14(9-7-13)24-18(30)26-17(19(20,21)22)25-16(28)12-4-3-5-15(10-12)29-2/h3-10,17H,1-2H3,(H,23,27)(H,25,28)(H2,24,26,30). The fourth-order valence-corrected chi connectivity index (χ4v) is 2.88. The van der Waals surface area contributed by atoms with E-state index >= 15 is 0 Å². The maximum atomic E-state index is 12.6. The third kappa shape index (κ3) is 7.53. The second-order valence-electron chi connectivity index (χ2n) is 6.04. The van der Waals surface area contributed by atoms with E-state index in [9.17, 15) is 9.59 Å². The minimum Gasteiger partial charge on any atom is -0.497 e. The van der Waals surface area contributed by atoms with Crippen LogP contribution in [0.1, 0.15) is 17.3 Å². The molecule has 0 aliphatic carbocycles. The van der Waals surface area contributed by atoms with Gasteiger partial charge < -0.3 is 26.0 Å². The van der Waals surface area contributed by atoms with Gasteiger partial charge >= 0.3 is 0 Å². The van der Waals surface area contributed by atoms with Crippen molar-refractivity contribution in [3.05, 3.63) is 54.1 Å². The van der Waals surface area contributed by atoms with Gasteiger partial charge in [-0.05, 0) is 54.7 Å². The van der Waals surface area contributed by atoms with Crippen LogP contribution >= 0.6 is 47.0 Å². The number of thiocarbonyl (C=S) groups is 1. The highest BCUT2D eigenvalue weighted by Crippen LogP contribution is 2.29. The Morgan fingerprint density at radius 2 is 1.60 bits per heavy atom. The Kier molecular flexibility index (Phi) is 8.54. The summed E-state index contributed by atoms with van der Waals surface area (Å²) < 4.78 is 3.22. The number of alkyl halides is 3. The van der Waals surface area contributed by atoms with Crippen LogP contribution in [0.3, 0.4) is 0 Å². The second kappa shape index (κ2) is 10.7. The molecule has 0 bridgehead atoms. The number of carbonyl (C=O) groups excluding carboxylic acids is 2. The van der Waals surface area contributed by atoms with Crippen LogP contribution in [0.25, 0.3) is 0 Å². The molecule has 0 fully saturated rings. The third-order valence-corrected chi connectivity index (χ3v) is 4.55. The number of hydrogen-bond donors (Lipinski definition) is 4. The zero-order valence-corrected chi connectivity index (χ0v) is 19.0. The quantitative estimate of drug-likeness (QED) is 0.278. The number of anilines is 2. The lowest BCUT2D eigenvalue weighted by Crippen LogP contribution is -2.56. The monoisotopic (exact) mass is 488 g/mol. The average molecular weight is 490 g/mol. The fourth-order valence-electron chi connectivity index (χ4n) is 2.32. The Morgan fingerprint density at radius 3 is 2.13 bits per heavy atom. The molecule has 1 atom stereocenters. The molecule has 7 nitrogen and oxygen atoms in total. The Balaban J connectivity index is 2.04. The molecule has 0 heterocycles. The molecule has 4 N–H and O–H groups in total. The van der Waals surface area contributed by atoms with Crippen LogP contribution in [0.5, 0.6) is 5.75 Å². The number of halogens is 3. The highest BCUT2D eigenvalue weighted by atomic mass is 35.6. The van der Waals surface area contributed by atoms with Crippen LogP contribution in [-0.4, -0.2) is 34.0 Å². The van der Waals surface area contributed by atoms with Gasteiger partial charge in [-0.2, -0.15) is 0 Å². The van der Waals surface area contributed by atoms with Gasteiger partial charge in [0.25, 0.3) is 5.91 Å². The Labute approximate surface area is 194 Å². The van der Waals surface area contributed by atoms with Crippen molar-refractivity contribution in [2.24, 2.45) is 0 Å². The van der Waals surface area contributed by atoms with E-state index in [0.717, 1.165) is 0 Å². The summed E-state index contributed by atoms with van der Waals surface area (Å²) in [6.07, 6.45) is -1.13. The number of benzene rings is 2. The zero-order valence-electron chi connectivity index (χ0n) is 16.0. The highest BCUT2D eigenvalue weighted by molar-refractivity contribution is 7.80. The predicted octanol–water partition coefficient (Wildman–Crippen LogP) is 4.07. The molecule has 2 rings (SSSR count). The summed E-state index contributed by atoms with van der Waals surface area (Å²) in [5.74, 6) is -0.147. The number of ether oxygens (including phenoxy) is 1. The van der Waals surface area contributed by atoms with Crippen molar-refractivity contribution in [2.45, 2.75) is 16.9 Å². The van der Waals surface area contributed by atoms with Gasteiger partial charge in [-0.15, -0.1) is 0 Å². The molecule has 0 aliphatic heterocycles. The maximum Gasteiger partial charge on any atom is 0.253 e. The number of hydrogen-bond acceptors (Lipinski definition) is 4. The van der Waals surface area contributed by atoms with Crippen molar-refractivity contribution in [1.82, 2.24) is 10.6 Å². The molecule has 0 radical (unpaired) electrons. The van der Waals surface area contributed by atoms with E-state index in [1.165, 1.54) is 14.0 Å². The normalized spacial score (nSPS) is 11.8. The number of carbonyl (C=O) groups is 2. The second-order valence-corrected chi connectivity index (χ2v) is 8.81. The van der Waals surface area contributed by atoms with Gasteiger partial charge in [0.15, 0.2) is 5.11 Å². The van der Waals surface area contributed by atoms with Crippen LogP contribution in [0, 0.1) is 0 Å². The van der Waals surface area contributed by atoms with Gasteiger partial charge in [0.2, 0.25) is 9.70 Å². The predicted molar refractivity (Wildman–Crippen MR) is 125 cm³/mol. The molecule has 2 aromatic carbocycles. The first-order valence-electron chi connectivity index (χ1n) is 8.55. The molecule has 0 spiro atoms. The van der Waals surface area contributed by atoms with E-state index in [0.29, 0.717) is 22.7 Å². The zero-order chi connectivity index (χ0) is 22.3. The molecule has 0 aliphatic rings. The summed E-state index contributed by atoms with van der Waals surface area (Å²) in [6, 6.07) is 13.3. The largest absolute Gasteiger partial charge is 0.497 e. The topological polar surface area (TPSA) is 91.5 Å². The van der Waals surface area contributed by atoms with Gasteiger partial charge in [-0.25, -0.2) is 0 Å². The van der Waals surface area contributed by atoms with Gasteiger partial charge in [-0.1, -0.05) is 40.9 Å². The average Bonchev–Trinajstić information content (AvgIpc) is 2.68. The minimum absolute atomic E-state index is 0.115. The first-order valence-corrected chi connectivity index (χ1v) is 10.1. The maximum absolute atomic E-state index is 12.6. The van der Waals surface area contributed by atoms with Gasteiger partial charge in [0.05, 0.1) is 7.11 Å². The van der Waals surface area contributed by atoms with E-state index in [-0.39, 0.29) is 11.0 Å². The van der Waals surface area contributed by atoms with E-state index < -0.39 is 15.9 Å². The SMILES string of the molecule is COc1cccc(C(=O)NC(NC(=S)Nc2ccc(NC(C)=O)cc2)C(Cl)(Cl)Cl)c1. The molecule has 0 aromatic heterocycles. The summed E-state index contributed by atoms with van der Waals surface area (Å²) in [4.78, 5) is 23.6. The number of rotatable bonds is 6. The number of amides is 2. The van der Waals surface area contributed by atoms with Crippen LogP contribution in [-0.2, 0) is 4.79 Å². The lowest BCUT2D eigenvalue weighted by Gasteiger charge is -2.27. The molecule has 1 unspecified atom stereocenters. The smallest absolute Gasteiger partial charge is 0.253 e. The lowest BCUT2D eigenvalue weighted by molar-refractivity contribution is -0.114. The molecule has 0 saturated heterocycles. The molecular formula is C19H19Cl3N4O3S. The van der Waals surface area contributed by atoms with Crippen molar-refractivity contribution >= 4 is 75.3 Å². The first-order chi connectivity index (χ1) is 14.1. The van der Waals surface area contributed by atoms with E-state index in [1.54, 1.807) is 48.5 Å². The molecule has 160 valence electrons. The number of methoxy groups -OCH3 is 1. The van der Waals surface area contributed by atoms with Crippen LogP contribution in [0.4, 0.5) is 11.4 Å². The Hall–Kier alpha value is -2.26. The van der Waals surface area contributed by atoms with E-state index in [2.05, 4.69) is 21.3 Å². The summed E-state index contributed by atoms with van der Waals surface area (Å²) in [7, 11) is 1.50. The van der Waals surface area contributed by atoms with Crippen molar-refractivity contribution in [3.8, 4) is 5.75 Å². The van der Waals surface area contributed by atoms with Crippen molar-refractivity contribution in [1.29, 1.82) is 0 Å². The third-order valence-electron chi connectivity index (χ3n) is 3.67. The Bertz CT molecular complexity index is 920. The van der Waals surface area contributed by atoms with Crippen LogP contribution in [0.2, 0.25) is 0 Å². The van der Waals surface area contributed by atoms with Gasteiger partial charge in [0.1, 0.15) is 11.9 Å². The van der Waals surface area contributed by atoms with E-state index in [1.807, 2.05) is 0 Å². The van der Waals surface area contributed by atoms with Gasteiger partial charge in [-0.3, -0.25) is 9.59 Å². The van der Waals surface area contributed by atoms with Gasteiger partial charge in [0, 0.05) is 23.9 Å². The summed E-state index contributed by atoms with van der Waals surface area (Å²) in [5, 5.41) is 11.1. The van der Waals surface area contributed by atoms with Crippen LogP contribution in [0.15, 0.2) is 48.5 Å². The molecule has 30 heavy (non-hydrogen) atoms.